The van der Waals surface area contributed by atoms with Gasteiger partial charge in [-0.2, -0.15) is 0 Å². The number of rotatable bonds is 4. The second-order valence-electron chi connectivity index (χ2n) is 7.57. The first-order chi connectivity index (χ1) is 13.2. The van der Waals surface area contributed by atoms with Gasteiger partial charge in [0, 0.05) is 33.2 Å². The number of aliphatic hydroxyl groups is 1. The lowest BCUT2D eigenvalue weighted by Crippen LogP contribution is -2.32. The standard InChI is InChI=1S/C21H24BrN3O3/c1-21(2,3)28-20(27)24-11-12-6-4-5-7-13(12)17-10-15-16(22)9-8-14(19(23)26)18(15)25-17/h4-10,19,25-26H,11,23H2,1-3H3,(H,24,27). The molecule has 3 rings (SSSR count). The normalized spacial score (nSPS) is 12.8. The highest BCUT2D eigenvalue weighted by molar-refractivity contribution is 9.10. The topological polar surface area (TPSA) is 100 Å². The molecule has 2 aromatic carbocycles. The largest absolute Gasteiger partial charge is 0.444 e. The fourth-order valence-electron chi connectivity index (χ4n) is 3.02. The van der Waals surface area contributed by atoms with Crippen LogP contribution in [0.25, 0.3) is 22.2 Å². The number of nitrogens with two attached hydrogens (primary N) is 1. The van der Waals surface area contributed by atoms with Crippen LogP contribution in [-0.2, 0) is 11.3 Å². The maximum absolute atomic E-state index is 12.0. The van der Waals surface area contributed by atoms with E-state index in [9.17, 15) is 9.90 Å². The average Bonchev–Trinajstić information content (AvgIpc) is 3.04. The Labute approximate surface area is 172 Å². The van der Waals surface area contributed by atoms with E-state index in [0.717, 1.165) is 32.2 Å². The van der Waals surface area contributed by atoms with Crippen LogP contribution in [0, 0.1) is 0 Å². The van der Waals surface area contributed by atoms with Crippen LogP contribution >= 0.6 is 15.9 Å². The van der Waals surface area contributed by atoms with Crippen molar-refractivity contribution in [1.29, 1.82) is 0 Å². The number of carbonyl (C=O) groups is 1. The van der Waals surface area contributed by atoms with E-state index in [1.807, 2.05) is 57.2 Å². The number of aliphatic hydroxyl groups excluding tert-OH is 1. The van der Waals surface area contributed by atoms with Gasteiger partial charge >= 0.3 is 6.09 Å². The molecule has 0 aliphatic carbocycles. The van der Waals surface area contributed by atoms with Crippen LogP contribution in [0.2, 0.25) is 0 Å². The Kier molecular flexibility index (Phi) is 5.79. The summed E-state index contributed by atoms with van der Waals surface area (Å²) in [4.78, 5) is 15.4. The van der Waals surface area contributed by atoms with Crippen molar-refractivity contribution >= 4 is 32.9 Å². The maximum Gasteiger partial charge on any atom is 0.407 e. The van der Waals surface area contributed by atoms with Gasteiger partial charge in [-0.15, -0.1) is 0 Å². The van der Waals surface area contributed by atoms with Crippen LogP contribution in [0.15, 0.2) is 46.9 Å². The molecule has 148 valence electrons. The molecule has 0 bridgehead atoms. The first-order valence-corrected chi connectivity index (χ1v) is 9.75. The van der Waals surface area contributed by atoms with Crippen molar-refractivity contribution in [1.82, 2.24) is 10.3 Å². The summed E-state index contributed by atoms with van der Waals surface area (Å²) in [6.07, 6.45) is -1.54. The number of H-pyrrole nitrogens is 1. The molecule has 28 heavy (non-hydrogen) atoms. The number of nitrogens with one attached hydrogen (secondary N) is 2. The second kappa shape index (κ2) is 7.95. The molecule has 1 aromatic heterocycles. The molecule has 1 atom stereocenters. The van der Waals surface area contributed by atoms with Gasteiger partial charge in [0.05, 0.1) is 5.52 Å². The smallest absolute Gasteiger partial charge is 0.407 e. The fraction of sp³-hybridized carbons (Fsp3) is 0.286. The van der Waals surface area contributed by atoms with Crippen molar-refractivity contribution in [2.75, 3.05) is 0 Å². The van der Waals surface area contributed by atoms with E-state index in [0.29, 0.717) is 12.1 Å². The molecule has 0 radical (unpaired) electrons. The molecule has 0 saturated heterocycles. The summed E-state index contributed by atoms with van der Waals surface area (Å²) >= 11 is 3.55. The maximum atomic E-state index is 12.0. The lowest BCUT2D eigenvalue weighted by Gasteiger charge is -2.20. The fourth-order valence-corrected chi connectivity index (χ4v) is 3.46. The van der Waals surface area contributed by atoms with E-state index < -0.39 is 17.9 Å². The number of amides is 1. The summed E-state index contributed by atoms with van der Waals surface area (Å²) in [5, 5.41) is 13.6. The summed E-state index contributed by atoms with van der Waals surface area (Å²) in [5.74, 6) is 0. The summed E-state index contributed by atoms with van der Waals surface area (Å²) in [6.45, 7) is 5.80. The van der Waals surface area contributed by atoms with Gasteiger partial charge in [0.1, 0.15) is 11.8 Å². The molecule has 3 aromatic rings. The van der Waals surface area contributed by atoms with Crippen molar-refractivity contribution in [2.45, 2.75) is 39.1 Å². The molecule has 0 aliphatic rings. The Morgan fingerprint density at radius 1 is 1.29 bits per heavy atom. The molecule has 0 spiro atoms. The number of aromatic nitrogens is 1. The number of benzene rings is 2. The third kappa shape index (κ3) is 4.55. The zero-order chi connectivity index (χ0) is 20.5. The third-order valence-corrected chi connectivity index (χ3v) is 4.91. The van der Waals surface area contributed by atoms with Crippen molar-refractivity contribution in [3.63, 3.8) is 0 Å². The minimum absolute atomic E-state index is 0.327. The second-order valence-corrected chi connectivity index (χ2v) is 8.42. The summed E-state index contributed by atoms with van der Waals surface area (Å²) in [7, 11) is 0. The van der Waals surface area contributed by atoms with Gasteiger partial charge in [0.15, 0.2) is 0 Å². The highest BCUT2D eigenvalue weighted by Gasteiger charge is 2.17. The molecule has 1 heterocycles. The zero-order valence-electron chi connectivity index (χ0n) is 16.0. The Morgan fingerprint density at radius 3 is 2.68 bits per heavy atom. The average molecular weight is 446 g/mol. The van der Waals surface area contributed by atoms with Crippen molar-refractivity contribution in [3.8, 4) is 11.3 Å². The van der Waals surface area contributed by atoms with Crippen LogP contribution in [-0.4, -0.2) is 21.8 Å². The third-order valence-electron chi connectivity index (χ3n) is 4.22. The minimum Gasteiger partial charge on any atom is -0.444 e. The highest BCUT2D eigenvalue weighted by atomic mass is 79.9. The summed E-state index contributed by atoms with van der Waals surface area (Å²) in [6, 6.07) is 13.4. The van der Waals surface area contributed by atoms with E-state index in [4.69, 9.17) is 10.5 Å². The monoisotopic (exact) mass is 445 g/mol. The number of halogens is 1. The van der Waals surface area contributed by atoms with E-state index in [1.54, 1.807) is 6.07 Å². The van der Waals surface area contributed by atoms with E-state index in [2.05, 4.69) is 26.2 Å². The predicted octanol–water partition coefficient (Wildman–Crippen LogP) is 4.57. The molecule has 7 heteroatoms. The SMILES string of the molecule is CC(C)(C)OC(=O)NCc1ccccc1-c1cc2c(Br)ccc(C(N)O)c2[nH]1. The van der Waals surface area contributed by atoms with Crippen LogP contribution in [0.5, 0.6) is 0 Å². The predicted molar refractivity (Wildman–Crippen MR) is 114 cm³/mol. The van der Waals surface area contributed by atoms with Gasteiger partial charge < -0.3 is 25.9 Å². The first-order valence-electron chi connectivity index (χ1n) is 8.95. The highest BCUT2D eigenvalue weighted by Crippen LogP contribution is 2.34. The number of carbonyl (C=O) groups excluding carboxylic acids is 1. The minimum atomic E-state index is -1.08. The summed E-state index contributed by atoms with van der Waals surface area (Å²) < 4.78 is 6.21. The molecule has 0 fully saturated rings. The van der Waals surface area contributed by atoms with Gasteiger partial charge in [0.2, 0.25) is 0 Å². The van der Waals surface area contributed by atoms with Crippen molar-refractivity contribution < 1.29 is 14.6 Å². The van der Waals surface area contributed by atoms with Crippen molar-refractivity contribution in [2.24, 2.45) is 5.73 Å². The number of aromatic amines is 1. The molecule has 0 saturated carbocycles. The quantitative estimate of drug-likeness (QED) is 0.441. The van der Waals surface area contributed by atoms with Crippen molar-refractivity contribution in [3.05, 3.63) is 58.1 Å². The zero-order valence-corrected chi connectivity index (χ0v) is 17.6. The van der Waals surface area contributed by atoms with Gasteiger partial charge in [0.25, 0.3) is 0 Å². The van der Waals surface area contributed by atoms with E-state index in [-0.39, 0.29) is 0 Å². The molecular formula is C21H24BrN3O3. The van der Waals surface area contributed by atoms with Gasteiger partial charge in [-0.05, 0) is 38.5 Å². The lowest BCUT2D eigenvalue weighted by molar-refractivity contribution is 0.0523. The van der Waals surface area contributed by atoms with Gasteiger partial charge in [-0.1, -0.05) is 46.3 Å². The number of ether oxygens (including phenoxy) is 1. The number of hydrogen-bond acceptors (Lipinski definition) is 4. The van der Waals surface area contributed by atoms with Crippen LogP contribution in [0.3, 0.4) is 0 Å². The Bertz CT molecular complexity index is 1010. The molecule has 5 N–H and O–H groups in total. The van der Waals surface area contributed by atoms with Crippen LogP contribution in [0.4, 0.5) is 4.79 Å². The van der Waals surface area contributed by atoms with Crippen LogP contribution in [0.1, 0.15) is 38.1 Å². The molecule has 1 unspecified atom stereocenters. The van der Waals surface area contributed by atoms with Crippen LogP contribution < -0.4 is 11.1 Å². The van der Waals surface area contributed by atoms with E-state index in [1.165, 1.54) is 0 Å². The van der Waals surface area contributed by atoms with Gasteiger partial charge in [-0.25, -0.2) is 4.79 Å². The Morgan fingerprint density at radius 2 is 2.00 bits per heavy atom. The summed E-state index contributed by atoms with van der Waals surface area (Å²) in [5.41, 5.74) is 9.29. The number of hydrogen-bond donors (Lipinski definition) is 4. The lowest BCUT2D eigenvalue weighted by atomic mass is 10.0. The molecule has 6 nitrogen and oxygen atoms in total. The first kappa shape index (κ1) is 20.4. The van der Waals surface area contributed by atoms with E-state index >= 15 is 0 Å². The Balaban J connectivity index is 1.94. The number of fused-ring (bicyclic) bond motifs is 1. The molecular weight excluding hydrogens is 422 g/mol. The molecule has 0 aliphatic heterocycles. The number of alkyl carbamates (subject to hydrolysis) is 1. The molecule has 1 amide bonds. The van der Waals surface area contributed by atoms with Gasteiger partial charge in [-0.3, -0.25) is 0 Å². The Hall–Kier alpha value is -2.35.